The standard InChI is InChI=1S/C11H14FN/c1-7-3-4-8(2)9(5-7)11(12)6-10(11)13/h3-5,10H,6,13H2,1-2H3/t10-,11-/m0/s1. The molecule has 2 heteroatoms. The van der Waals surface area contributed by atoms with Crippen LogP contribution in [0.25, 0.3) is 0 Å². The normalized spacial score (nSPS) is 31.8. The minimum absolute atomic E-state index is 0.298. The zero-order valence-corrected chi connectivity index (χ0v) is 7.97. The molecule has 0 radical (unpaired) electrons. The molecular formula is C11H14FN. The lowest BCUT2D eigenvalue weighted by atomic mass is 10.00. The van der Waals surface area contributed by atoms with Crippen molar-refractivity contribution >= 4 is 0 Å². The number of alkyl halides is 1. The zero-order valence-electron chi connectivity index (χ0n) is 7.97. The Hall–Kier alpha value is -0.890. The summed E-state index contributed by atoms with van der Waals surface area (Å²) in [5, 5.41) is 0. The minimum atomic E-state index is -1.24. The zero-order chi connectivity index (χ0) is 9.64. The quantitative estimate of drug-likeness (QED) is 0.702. The summed E-state index contributed by atoms with van der Waals surface area (Å²) in [7, 11) is 0. The second-order valence-electron chi connectivity index (χ2n) is 3.99. The van der Waals surface area contributed by atoms with E-state index < -0.39 is 5.67 Å². The van der Waals surface area contributed by atoms with Gasteiger partial charge in [0.25, 0.3) is 0 Å². The highest BCUT2D eigenvalue weighted by molar-refractivity contribution is 5.40. The Morgan fingerprint density at radius 1 is 1.46 bits per heavy atom. The maximum Gasteiger partial charge on any atom is 0.152 e. The number of benzene rings is 1. The molecule has 1 aliphatic carbocycles. The van der Waals surface area contributed by atoms with Crippen LogP contribution >= 0.6 is 0 Å². The summed E-state index contributed by atoms with van der Waals surface area (Å²) in [5.74, 6) is 0. The lowest BCUT2D eigenvalue weighted by molar-refractivity contribution is 0.305. The van der Waals surface area contributed by atoms with Gasteiger partial charge in [-0.15, -0.1) is 0 Å². The molecule has 0 bridgehead atoms. The van der Waals surface area contributed by atoms with Crippen LogP contribution in [-0.2, 0) is 5.67 Å². The highest BCUT2D eigenvalue weighted by atomic mass is 19.1. The van der Waals surface area contributed by atoms with Gasteiger partial charge in [0.15, 0.2) is 5.67 Å². The molecule has 1 aromatic rings. The molecule has 0 unspecified atom stereocenters. The monoisotopic (exact) mass is 179 g/mol. The van der Waals surface area contributed by atoms with E-state index in [0.29, 0.717) is 6.42 Å². The molecule has 0 spiro atoms. The Labute approximate surface area is 77.8 Å². The van der Waals surface area contributed by atoms with E-state index in [1.54, 1.807) is 0 Å². The summed E-state index contributed by atoms with van der Waals surface area (Å²) >= 11 is 0. The van der Waals surface area contributed by atoms with Crippen LogP contribution in [0.1, 0.15) is 23.1 Å². The number of halogens is 1. The van der Waals surface area contributed by atoms with E-state index in [-0.39, 0.29) is 6.04 Å². The number of rotatable bonds is 1. The van der Waals surface area contributed by atoms with Crippen LogP contribution in [0.4, 0.5) is 4.39 Å². The third-order valence-corrected chi connectivity index (χ3v) is 2.79. The van der Waals surface area contributed by atoms with Gasteiger partial charge in [-0.25, -0.2) is 4.39 Å². The number of hydrogen-bond donors (Lipinski definition) is 1. The van der Waals surface area contributed by atoms with Crippen molar-refractivity contribution in [1.29, 1.82) is 0 Å². The van der Waals surface area contributed by atoms with E-state index in [1.807, 2.05) is 32.0 Å². The van der Waals surface area contributed by atoms with E-state index in [9.17, 15) is 4.39 Å². The van der Waals surface area contributed by atoms with Crippen molar-refractivity contribution in [3.63, 3.8) is 0 Å². The van der Waals surface area contributed by atoms with Gasteiger partial charge < -0.3 is 5.73 Å². The lowest BCUT2D eigenvalue weighted by Gasteiger charge is -2.11. The van der Waals surface area contributed by atoms with Crippen LogP contribution in [-0.4, -0.2) is 6.04 Å². The summed E-state index contributed by atoms with van der Waals surface area (Å²) in [6.07, 6.45) is 0.470. The fourth-order valence-electron chi connectivity index (χ4n) is 1.75. The van der Waals surface area contributed by atoms with Crippen molar-refractivity contribution in [2.24, 2.45) is 5.73 Å². The molecule has 2 atom stereocenters. The van der Waals surface area contributed by atoms with Gasteiger partial charge in [0.05, 0.1) is 0 Å². The van der Waals surface area contributed by atoms with Crippen LogP contribution in [0, 0.1) is 13.8 Å². The Balaban J connectivity index is 2.46. The minimum Gasteiger partial charge on any atom is -0.325 e. The molecule has 0 saturated heterocycles. The molecule has 1 saturated carbocycles. The summed E-state index contributed by atoms with van der Waals surface area (Å²) in [4.78, 5) is 0. The molecule has 2 rings (SSSR count). The third kappa shape index (κ3) is 1.25. The van der Waals surface area contributed by atoms with E-state index >= 15 is 0 Å². The van der Waals surface area contributed by atoms with Crippen LogP contribution in [0.15, 0.2) is 18.2 Å². The second kappa shape index (κ2) is 2.55. The molecule has 0 amide bonds. The van der Waals surface area contributed by atoms with Gasteiger partial charge in [-0.2, -0.15) is 0 Å². The lowest BCUT2D eigenvalue weighted by Crippen LogP contribution is -2.14. The van der Waals surface area contributed by atoms with E-state index in [4.69, 9.17) is 5.73 Å². The SMILES string of the molecule is Cc1ccc(C)c([C@@]2(F)C[C@@H]2N)c1. The van der Waals surface area contributed by atoms with Crippen molar-refractivity contribution in [3.05, 3.63) is 34.9 Å². The molecule has 0 aromatic heterocycles. The van der Waals surface area contributed by atoms with Gasteiger partial charge in [-0.1, -0.05) is 23.8 Å². The van der Waals surface area contributed by atoms with Gasteiger partial charge in [0.2, 0.25) is 0 Å². The largest absolute Gasteiger partial charge is 0.325 e. The summed E-state index contributed by atoms with van der Waals surface area (Å²) in [6, 6.07) is 5.56. The molecule has 1 aliphatic rings. The molecule has 70 valence electrons. The first-order chi connectivity index (χ1) is 6.04. The summed E-state index contributed by atoms with van der Waals surface area (Å²) in [5.41, 5.74) is 7.21. The highest BCUT2D eigenvalue weighted by Gasteiger charge is 2.55. The van der Waals surface area contributed by atoms with E-state index in [1.165, 1.54) is 0 Å². The molecule has 2 N–H and O–H groups in total. The number of aryl methyl sites for hydroxylation is 2. The first-order valence-electron chi connectivity index (χ1n) is 4.56. The molecular weight excluding hydrogens is 165 g/mol. The number of hydrogen-bond acceptors (Lipinski definition) is 1. The topological polar surface area (TPSA) is 26.0 Å². The second-order valence-corrected chi connectivity index (χ2v) is 3.99. The third-order valence-electron chi connectivity index (χ3n) is 2.79. The predicted octanol–water partition coefficient (Wildman–Crippen LogP) is 2.20. The van der Waals surface area contributed by atoms with Gasteiger partial charge in [0.1, 0.15) is 0 Å². The maximum atomic E-state index is 13.9. The van der Waals surface area contributed by atoms with Crippen molar-refractivity contribution in [1.82, 2.24) is 0 Å². The van der Waals surface area contributed by atoms with Crippen LogP contribution in [0.3, 0.4) is 0 Å². The predicted molar refractivity (Wildman–Crippen MR) is 51.3 cm³/mol. The Morgan fingerprint density at radius 2 is 2.08 bits per heavy atom. The molecule has 1 aromatic carbocycles. The number of nitrogens with two attached hydrogens (primary N) is 1. The average Bonchev–Trinajstić information content (AvgIpc) is 2.66. The van der Waals surface area contributed by atoms with E-state index in [0.717, 1.165) is 16.7 Å². The van der Waals surface area contributed by atoms with Gasteiger partial charge in [0, 0.05) is 12.5 Å². The van der Waals surface area contributed by atoms with E-state index in [2.05, 4.69) is 0 Å². The van der Waals surface area contributed by atoms with Crippen LogP contribution in [0.5, 0.6) is 0 Å². The van der Waals surface area contributed by atoms with Gasteiger partial charge in [-0.05, 0) is 25.0 Å². The molecule has 0 aliphatic heterocycles. The van der Waals surface area contributed by atoms with Crippen molar-refractivity contribution < 1.29 is 4.39 Å². The first-order valence-corrected chi connectivity index (χ1v) is 4.56. The molecule has 1 nitrogen and oxygen atoms in total. The fraction of sp³-hybridized carbons (Fsp3) is 0.455. The summed E-state index contributed by atoms with van der Waals surface area (Å²) in [6.45, 7) is 3.90. The van der Waals surface area contributed by atoms with Crippen molar-refractivity contribution in [3.8, 4) is 0 Å². The van der Waals surface area contributed by atoms with Crippen molar-refractivity contribution in [2.45, 2.75) is 32.0 Å². The highest BCUT2D eigenvalue weighted by Crippen LogP contribution is 2.49. The summed E-state index contributed by atoms with van der Waals surface area (Å²) < 4.78 is 13.9. The Kier molecular flexibility index (Phi) is 1.70. The Bertz CT molecular complexity index is 348. The average molecular weight is 179 g/mol. The molecule has 13 heavy (non-hydrogen) atoms. The van der Waals surface area contributed by atoms with Gasteiger partial charge >= 0.3 is 0 Å². The first kappa shape index (κ1) is 8.70. The van der Waals surface area contributed by atoms with Gasteiger partial charge in [-0.3, -0.25) is 0 Å². The van der Waals surface area contributed by atoms with Crippen LogP contribution < -0.4 is 5.73 Å². The molecule has 1 fully saturated rings. The smallest absolute Gasteiger partial charge is 0.152 e. The van der Waals surface area contributed by atoms with Crippen LogP contribution in [0.2, 0.25) is 0 Å². The molecule has 0 heterocycles. The maximum absolute atomic E-state index is 13.9. The Morgan fingerprint density at radius 3 is 2.62 bits per heavy atom. The van der Waals surface area contributed by atoms with Crippen molar-refractivity contribution in [2.75, 3.05) is 0 Å². The fourth-order valence-corrected chi connectivity index (χ4v) is 1.75.